The molecule has 7 heteroatoms. The van der Waals surface area contributed by atoms with E-state index < -0.39 is 9.84 Å². The van der Waals surface area contributed by atoms with Crippen molar-refractivity contribution in [2.45, 2.75) is 31.3 Å². The number of nitrogens with one attached hydrogen (secondary N) is 1. The average molecular weight is 379 g/mol. The van der Waals surface area contributed by atoms with Crippen LogP contribution in [0.5, 0.6) is 0 Å². The molecule has 0 unspecified atom stereocenters. The predicted octanol–water partition coefficient (Wildman–Crippen LogP) is -0.430. The standard InChI is InChI=1S/C19H27N3O3S/c23-19(22(17-6-7-17)18-8-13-26(24,25)15-18)14-20-9-11-21(12-10-20)16-4-2-1-3-5-16/h1-5,17-18H,6-15H2/p+1/t18-/m0/s1. The van der Waals surface area contributed by atoms with E-state index in [9.17, 15) is 13.2 Å². The molecule has 1 N–H and O–H groups in total. The fourth-order valence-electron chi connectivity index (χ4n) is 4.25. The summed E-state index contributed by atoms with van der Waals surface area (Å²) in [5.74, 6) is 0.543. The second-order valence-corrected chi connectivity index (χ2v) is 10.1. The molecule has 6 nitrogen and oxygen atoms in total. The Morgan fingerprint density at radius 3 is 2.35 bits per heavy atom. The number of carbonyl (C=O) groups is 1. The molecule has 0 bridgehead atoms. The van der Waals surface area contributed by atoms with E-state index in [1.54, 1.807) is 0 Å². The average Bonchev–Trinajstić information content (AvgIpc) is 3.39. The van der Waals surface area contributed by atoms with Crippen LogP contribution in [0.2, 0.25) is 0 Å². The highest BCUT2D eigenvalue weighted by atomic mass is 32.2. The molecule has 2 heterocycles. The molecule has 1 saturated carbocycles. The third kappa shape index (κ3) is 4.04. The second-order valence-electron chi connectivity index (χ2n) is 7.84. The van der Waals surface area contributed by atoms with Crippen molar-refractivity contribution in [2.24, 2.45) is 0 Å². The van der Waals surface area contributed by atoms with Gasteiger partial charge in [-0.3, -0.25) is 4.79 Å². The maximum atomic E-state index is 12.9. The van der Waals surface area contributed by atoms with Crippen LogP contribution in [-0.4, -0.2) is 75.5 Å². The van der Waals surface area contributed by atoms with Crippen LogP contribution < -0.4 is 9.80 Å². The van der Waals surface area contributed by atoms with Gasteiger partial charge in [-0.15, -0.1) is 0 Å². The lowest BCUT2D eigenvalue weighted by molar-refractivity contribution is -0.892. The van der Waals surface area contributed by atoms with E-state index in [0.29, 0.717) is 13.0 Å². The number of hydrogen-bond donors (Lipinski definition) is 1. The number of rotatable bonds is 5. The lowest BCUT2D eigenvalue weighted by Gasteiger charge is -2.35. The quantitative estimate of drug-likeness (QED) is 0.755. The molecule has 26 heavy (non-hydrogen) atoms. The molecule has 3 fully saturated rings. The van der Waals surface area contributed by atoms with Gasteiger partial charge in [-0.2, -0.15) is 0 Å². The van der Waals surface area contributed by atoms with Gasteiger partial charge in [0.25, 0.3) is 5.91 Å². The summed E-state index contributed by atoms with van der Waals surface area (Å²) in [5, 5.41) is 0. The summed E-state index contributed by atoms with van der Waals surface area (Å²) in [6.07, 6.45) is 2.67. The topological polar surface area (TPSA) is 62.1 Å². The van der Waals surface area contributed by atoms with E-state index in [-0.39, 0.29) is 29.5 Å². The number of para-hydroxylation sites is 1. The number of amides is 1. The fraction of sp³-hybridized carbons (Fsp3) is 0.632. The summed E-state index contributed by atoms with van der Waals surface area (Å²) in [6.45, 7) is 4.29. The van der Waals surface area contributed by atoms with Gasteiger partial charge in [0.2, 0.25) is 0 Å². The minimum Gasteiger partial charge on any atom is -0.360 e. The molecule has 4 rings (SSSR count). The Labute approximate surface area is 155 Å². The van der Waals surface area contributed by atoms with Crippen LogP contribution in [0, 0.1) is 0 Å². The van der Waals surface area contributed by atoms with E-state index in [2.05, 4.69) is 29.2 Å². The highest BCUT2D eigenvalue weighted by Gasteiger charge is 2.43. The normalized spacial score (nSPS) is 26.0. The zero-order chi connectivity index (χ0) is 18.1. The summed E-state index contributed by atoms with van der Waals surface area (Å²) < 4.78 is 23.6. The Morgan fingerprint density at radius 1 is 1.08 bits per heavy atom. The van der Waals surface area contributed by atoms with Gasteiger partial charge >= 0.3 is 0 Å². The van der Waals surface area contributed by atoms with Gasteiger partial charge in [0, 0.05) is 17.8 Å². The van der Waals surface area contributed by atoms with Crippen LogP contribution in [0.25, 0.3) is 0 Å². The first-order valence-corrected chi connectivity index (χ1v) is 11.5. The van der Waals surface area contributed by atoms with Gasteiger partial charge in [0.05, 0.1) is 37.7 Å². The highest BCUT2D eigenvalue weighted by molar-refractivity contribution is 7.91. The maximum Gasteiger partial charge on any atom is 0.278 e. The Kier molecular flexibility index (Phi) is 4.92. The van der Waals surface area contributed by atoms with Crippen molar-refractivity contribution < 1.29 is 18.1 Å². The van der Waals surface area contributed by atoms with E-state index in [4.69, 9.17) is 0 Å². The number of anilines is 1. The zero-order valence-electron chi connectivity index (χ0n) is 15.1. The molecule has 0 spiro atoms. The Hall–Kier alpha value is -1.60. The summed E-state index contributed by atoms with van der Waals surface area (Å²) in [4.78, 5) is 18.6. The van der Waals surface area contributed by atoms with E-state index in [1.807, 2.05) is 11.0 Å². The van der Waals surface area contributed by atoms with Crippen molar-refractivity contribution in [3.8, 4) is 0 Å². The van der Waals surface area contributed by atoms with Crippen LogP contribution in [0.1, 0.15) is 19.3 Å². The Balaban J connectivity index is 1.33. The third-order valence-corrected chi connectivity index (χ3v) is 7.57. The van der Waals surface area contributed by atoms with Crippen molar-refractivity contribution in [1.29, 1.82) is 0 Å². The van der Waals surface area contributed by atoms with Crippen LogP contribution in [-0.2, 0) is 14.6 Å². The lowest BCUT2D eigenvalue weighted by Crippen LogP contribution is -3.16. The fourth-order valence-corrected chi connectivity index (χ4v) is 5.97. The summed E-state index contributed by atoms with van der Waals surface area (Å²) in [6, 6.07) is 10.6. The number of sulfone groups is 1. The molecular weight excluding hydrogens is 350 g/mol. The van der Waals surface area contributed by atoms with E-state index >= 15 is 0 Å². The van der Waals surface area contributed by atoms with Gasteiger partial charge in [-0.05, 0) is 31.4 Å². The smallest absolute Gasteiger partial charge is 0.278 e. The van der Waals surface area contributed by atoms with Crippen molar-refractivity contribution in [3.63, 3.8) is 0 Å². The van der Waals surface area contributed by atoms with Gasteiger partial charge in [0.1, 0.15) is 0 Å². The number of quaternary nitrogens is 1. The number of piperazine rings is 1. The molecular formula is C19H28N3O3S+. The minimum atomic E-state index is -2.96. The number of benzene rings is 1. The van der Waals surface area contributed by atoms with Crippen LogP contribution >= 0.6 is 0 Å². The van der Waals surface area contributed by atoms with E-state index in [0.717, 1.165) is 39.0 Å². The maximum absolute atomic E-state index is 12.9. The molecule has 0 radical (unpaired) electrons. The first-order chi connectivity index (χ1) is 12.5. The molecule has 1 aliphatic carbocycles. The molecule has 2 saturated heterocycles. The summed E-state index contributed by atoms with van der Waals surface area (Å²) in [7, 11) is -2.96. The van der Waals surface area contributed by atoms with Crippen molar-refractivity contribution in [2.75, 3.05) is 49.1 Å². The van der Waals surface area contributed by atoms with Crippen LogP contribution in [0.3, 0.4) is 0 Å². The summed E-state index contributed by atoms with van der Waals surface area (Å²) >= 11 is 0. The highest BCUT2D eigenvalue weighted by Crippen LogP contribution is 2.32. The Morgan fingerprint density at radius 2 is 1.77 bits per heavy atom. The van der Waals surface area contributed by atoms with Gasteiger partial charge in [-0.1, -0.05) is 18.2 Å². The van der Waals surface area contributed by atoms with E-state index in [1.165, 1.54) is 10.6 Å². The van der Waals surface area contributed by atoms with Gasteiger partial charge < -0.3 is 14.7 Å². The lowest BCUT2D eigenvalue weighted by atomic mass is 10.2. The molecule has 0 aromatic heterocycles. The second kappa shape index (κ2) is 7.19. The molecule has 3 aliphatic rings. The molecule has 142 valence electrons. The van der Waals surface area contributed by atoms with Crippen molar-refractivity contribution >= 4 is 21.4 Å². The van der Waals surface area contributed by atoms with Crippen LogP contribution in [0.4, 0.5) is 5.69 Å². The Bertz CT molecular complexity index is 741. The summed E-state index contributed by atoms with van der Waals surface area (Å²) in [5.41, 5.74) is 1.24. The molecule has 1 aromatic rings. The largest absolute Gasteiger partial charge is 0.360 e. The molecule has 1 atom stereocenters. The minimum absolute atomic E-state index is 0.0926. The first kappa shape index (κ1) is 17.8. The molecule has 1 aromatic carbocycles. The van der Waals surface area contributed by atoms with Gasteiger partial charge in [0.15, 0.2) is 16.4 Å². The van der Waals surface area contributed by atoms with Gasteiger partial charge in [-0.25, -0.2) is 8.42 Å². The molecule has 2 aliphatic heterocycles. The predicted molar refractivity (Wildman–Crippen MR) is 101 cm³/mol. The first-order valence-electron chi connectivity index (χ1n) is 9.67. The zero-order valence-corrected chi connectivity index (χ0v) is 16.0. The van der Waals surface area contributed by atoms with Crippen LogP contribution in [0.15, 0.2) is 30.3 Å². The monoisotopic (exact) mass is 378 g/mol. The van der Waals surface area contributed by atoms with Crippen molar-refractivity contribution in [3.05, 3.63) is 30.3 Å². The SMILES string of the molecule is O=C(C[NH+]1CCN(c2ccccc2)CC1)N(C1CC1)[C@H]1CCS(=O)(=O)C1. The molecule has 1 amide bonds. The van der Waals surface area contributed by atoms with Crippen molar-refractivity contribution in [1.82, 2.24) is 4.90 Å². The number of carbonyl (C=O) groups excluding carboxylic acids is 1. The number of nitrogens with zero attached hydrogens (tertiary/aromatic N) is 2. The third-order valence-electron chi connectivity index (χ3n) is 5.82. The number of hydrogen-bond acceptors (Lipinski definition) is 4.